The number of unbranched alkanes of at least 4 members (excludes halogenated alkanes) is 3. The van der Waals surface area contributed by atoms with E-state index in [2.05, 4.69) is 20.1 Å². The van der Waals surface area contributed by atoms with Crippen LogP contribution in [0.5, 0.6) is 17.2 Å². The smallest absolute Gasteiger partial charge is 0.343 e. The van der Waals surface area contributed by atoms with Gasteiger partial charge in [0.25, 0.3) is 0 Å². The average Bonchev–Trinajstić information content (AvgIpc) is 3.35. The van der Waals surface area contributed by atoms with E-state index in [4.69, 9.17) is 28.8 Å². The molecule has 46 heavy (non-hydrogen) atoms. The first kappa shape index (κ1) is 34.0. The zero-order valence-electron chi connectivity index (χ0n) is 26.1. The van der Waals surface area contributed by atoms with Crippen molar-refractivity contribution in [1.29, 1.82) is 0 Å². The van der Waals surface area contributed by atoms with Gasteiger partial charge < -0.3 is 28.8 Å². The fourth-order valence-corrected chi connectivity index (χ4v) is 5.02. The minimum absolute atomic E-state index is 0.0218. The minimum atomic E-state index is -0.609. The Morgan fingerprint density at radius 3 is 1.98 bits per heavy atom. The van der Waals surface area contributed by atoms with Crippen molar-refractivity contribution in [2.75, 3.05) is 33.0 Å². The van der Waals surface area contributed by atoms with Crippen molar-refractivity contribution >= 4 is 17.9 Å². The molecule has 1 atom stereocenters. The summed E-state index contributed by atoms with van der Waals surface area (Å²) in [7, 11) is 0. The largest absolute Gasteiger partial charge is 0.494 e. The summed E-state index contributed by atoms with van der Waals surface area (Å²) in [5, 5.41) is 8.93. The Hall–Kier alpha value is -4.89. The number of ether oxygens (including phenoxy) is 5. The number of benzene rings is 3. The highest BCUT2D eigenvalue weighted by Gasteiger charge is 2.27. The molecule has 0 saturated carbocycles. The summed E-state index contributed by atoms with van der Waals surface area (Å²) in [5.74, 6) is 0.479. The van der Waals surface area contributed by atoms with Crippen molar-refractivity contribution in [1.82, 2.24) is 0 Å². The molecule has 0 heterocycles. The number of carbonyl (C=O) groups is 3. The lowest BCUT2D eigenvalue weighted by Crippen LogP contribution is -2.12. The van der Waals surface area contributed by atoms with Crippen LogP contribution in [0, 0.1) is 0 Å². The van der Waals surface area contributed by atoms with Gasteiger partial charge in [-0.25, -0.2) is 14.4 Å². The molecule has 9 nitrogen and oxygen atoms in total. The van der Waals surface area contributed by atoms with Crippen molar-refractivity contribution < 1.29 is 43.2 Å². The van der Waals surface area contributed by atoms with Crippen LogP contribution in [0.25, 0.3) is 11.1 Å². The van der Waals surface area contributed by atoms with Crippen molar-refractivity contribution in [3.8, 4) is 28.4 Å². The number of aliphatic hydroxyl groups excluding tert-OH is 1. The Morgan fingerprint density at radius 1 is 0.739 bits per heavy atom. The van der Waals surface area contributed by atoms with Crippen LogP contribution in [0.2, 0.25) is 0 Å². The van der Waals surface area contributed by atoms with Gasteiger partial charge in [0.15, 0.2) is 0 Å². The van der Waals surface area contributed by atoms with Gasteiger partial charge in [-0.3, -0.25) is 0 Å². The van der Waals surface area contributed by atoms with Gasteiger partial charge in [-0.1, -0.05) is 32.2 Å². The van der Waals surface area contributed by atoms with E-state index in [-0.39, 0.29) is 18.1 Å². The van der Waals surface area contributed by atoms with Crippen molar-refractivity contribution in [2.24, 2.45) is 0 Å². The molecule has 0 aromatic heterocycles. The Bertz CT molecular complexity index is 1540. The molecular formula is C37H40O9. The highest BCUT2D eigenvalue weighted by atomic mass is 16.5. The minimum Gasteiger partial charge on any atom is -0.494 e. The molecule has 0 radical (unpaired) electrons. The lowest BCUT2D eigenvalue weighted by Gasteiger charge is -2.11. The predicted octanol–water partition coefficient (Wildman–Crippen LogP) is 6.57. The van der Waals surface area contributed by atoms with E-state index in [1.807, 2.05) is 30.3 Å². The molecule has 0 spiro atoms. The monoisotopic (exact) mass is 628 g/mol. The van der Waals surface area contributed by atoms with Crippen LogP contribution in [0.3, 0.4) is 0 Å². The fraction of sp³-hybridized carbons (Fsp3) is 0.324. The maximum atomic E-state index is 12.9. The van der Waals surface area contributed by atoms with Crippen LogP contribution in [-0.2, 0) is 19.1 Å². The topological polar surface area (TPSA) is 118 Å². The maximum absolute atomic E-state index is 12.9. The van der Waals surface area contributed by atoms with E-state index in [0.717, 1.165) is 54.0 Å². The normalized spacial score (nSPS) is 12.8. The summed E-state index contributed by atoms with van der Waals surface area (Å²) in [5.41, 5.74) is 4.82. The summed E-state index contributed by atoms with van der Waals surface area (Å²) in [6.07, 6.45) is 5.23. The molecule has 242 valence electrons. The third-order valence-electron chi connectivity index (χ3n) is 7.56. The van der Waals surface area contributed by atoms with Crippen LogP contribution < -0.4 is 14.2 Å². The molecule has 1 unspecified atom stereocenters. The molecule has 3 aromatic rings. The van der Waals surface area contributed by atoms with Gasteiger partial charge in [0.2, 0.25) is 0 Å². The quantitative estimate of drug-likeness (QED) is 0.0723. The van der Waals surface area contributed by atoms with Gasteiger partial charge in [-0.15, -0.1) is 0 Å². The molecule has 0 fully saturated rings. The van der Waals surface area contributed by atoms with Crippen LogP contribution in [0.15, 0.2) is 85.5 Å². The van der Waals surface area contributed by atoms with Gasteiger partial charge >= 0.3 is 17.9 Å². The van der Waals surface area contributed by atoms with Gasteiger partial charge in [0.1, 0.15) is 17.2 Å². The zero-order chi connectivity index (χ0) is 32.9. The first-order valence-electron chi connectivity index (χ1n) is 15.4. The van der Waals surface area contributed by atoms with E-state index < -0.39 is 24.5 Å². The lowest BCUT2D eigenvalue weighted by atomic mass is 9.99. The molecule has 4 rings (SSSR count). The van der Waals surface area contributed by atoms with E-state index in [9.17, 15) is 14.4 Å². The number of carbonyl (C=O) groups excluding carboxylic acids is 3. The van der Waals surface area contributed by atoms with E-state index >= 15 is 0 Å². The molecule has 3 aromatic carbocycles. The summed E-state index contributed by atoms with van der Waals surface area (Å²) < 4.78 is 27.4. The standard InChI is InChI=1S/C37H40O9/c1-4-35(39)44-19-8-6-5-7-18-42-28-12-10-27(11-13-28)37(41)46-30-15-17-32-31-16-14-29(22-33(31)26(3)34(32)23-30)43-20-9-21-45-36(40)25(2)24-38/h4,10-17,22-23,26,38H,1-2,5-9,18-21,24H2,3H3. The van der Waals surface area contributed by atoms with Crippen LogP contribution in [-0.4, -0.2) is 56.0 Å². The van der Waals surface area contributed by atoms with E-state index in [1.54, 1.807) is 30.3 Å². The Kier molecular flexibility index (Phi) is 12.5. The number of fused-ring (bicyclic) bond motifs is 3. The molecule has 1 aliphatic carbocycles. The Balaban J connectivity index is 1.22. The van der Waals surface area contributed by atoms with Gasteiger partial charge in [-0.2, -0.15) is 0 Å². The number of hydrogen-bond donors (Lipinski definition) is 1. The summed E-state index contributed by atoms with van der Waals surface area (Å²) >= 11 is 0. The Labute approximate surface area is 269 Å². The third kappa shape index (κ3) is 9.31. The Morgan fingerprint density at radius 2 is 1.30 bits per heavy atom. The van der Waals surface area contributed by atoms with Crippen LogP contribution >= 0.6 is 0 Å². The van der Waals surface area contributed by atoms with Crippen molar-refractivity contribution in [2.45, 2.75) is 44.9 Å². The second-order valence-corrected chi connectivity index (χ2v) is 10.9. The maximum Gasteiger partial charge on any atom is 0.343 e. The van der Waals surface area contributed by atoms with Gasteiger partial charge in [0, 0.05) is 18.4 Å². The number of rotatable bonds is 18. The van der Waals surface area contributed by atoms with Crippen LogP contribution in [0.4, 0.5) is 0 Å². The molecule has 0 amide bonds. The van der Waals surface area contributed by atoms with Crippen molar-refractivity contribution in [3.05, 3.63) is 102 Å². The third-order valence-corrected chi connectivity index (χ3v) is 7.56. The molecule has 1 N–H and O–H groups in total. The fourth-order valence-electron chi connectivity index (χ4n) is 5.02. The second kappa shape index (κ2) is 17.0. The predicted molar refractivity (Wildman–Crippen MR) is 173 cm³/mol. The molecule has 0 saturated heterocycles. The number of hydrogen-bond acceptors (Lipinski definition) is 9. The van der Waals surface area contributed by atoms with E-state index in [0.29, 0.717) is 49.1 Å². The second-order valence-electron chi connectivity index (χ2n) is 10.9. The van der Waals surface area contributed by atoms with E-state index in [1.165, 1.54) is 0 Å². The van der Waals surface area contributed by atoms with Gasteiger partial charge in [0.05, 0.1) is 44.2 Å². The van der Waals surface area contributed by atoms with Crippen LogP contribution in [0.1, 0.15) is 66.4 Å². The summed E-state index contributed by atoms with van der Waals surface area (Å²) in [6.45, 7) is 9.97. The number of aliphatic hydroxyl groups is 1. The SMILES string of the molecule is C=CC(=O)OCCCCCCOc1ccc(C(=O)Oc2ccc3c(c2)C(C)c2cc(OCCCOC(=O)C(=C)CO)ccc2-3)cc1. The van der Waals surface area contributed by atoms with Crippen molar-refractivity contribution in [3.63, 3.8) is 0 Å². The lowest BCUT2D eigenvalue weighted by molar-refractivity contribution is -0.140. The molecular weight excluding hydrogens is 588 g/mol. The first-order valence-corrected chi connectivity index (χ1v) is 15.4. The molecule has 1 aliphatic rings. The average molecular weight is 629 g/mol. The first-order chi connectivity index (χ1) is 22.3. The van der Waals surface area contributed by atoms with Gasteiger partial charge in [-0.05, 0) is 96.5 Å². The molecule has 0 aliphatic heterocycles. The molecule has 9 heteroatoms. The molecule has 0 bridgehead atoms. The number of esters is 3. The summed E-state index contributed by atoms with van der Waals surface area (Å²) in [6, 6.07) is 18.5. The highest BCUT2D eigenvalue weighted by molar-refractivity contribution is 5.91. The highest BCUT2D eigenvalue weighted by Crippen LogP contribution is 2.47. The summed E-state index contributed by atoms with van der Waals surface area (Å²) in [4.78, 5) is 35.5. The zero-order valence-corrected chi connectivity index (χ0v) is 26.1.